The van der Waals surface area contributed by atoms with Crippen LogP contribution < -0.4 is 16.1 Å². The molecule has 0 spiro atoms. The van der Waals surface area contributed by atoms with E-state index in [0.29, 0.717) is 15.7 Å². The third-order valence-corrected chi connectivity index (χ3v) is 4.14. The molecule has 3 rings (SSSR count). The van der Waals surface area contributed by atoms with Crippen molar-refractivity contribution in [3.8, 4) is 0 Å². The summed E-state index contributed by atoms with van der Waals surface area (Å²) < 4.78 is 0. The molecule has 2 aromatic carbocycles. The lowest BCUT2D eigenvalue weighted by Gasteiger charge is -2.08. The van der Waals surface area contributed by atoms with Crippen molar-refractivity contribution in [3.63, 3.8) is 0 Å². The highest BCUT2D eigenvalue weighted by Gasteiger charge is 2.28. The van der Waals surface area contributed by atoms with Gasteiger partial charge in [-0.15, -0.1) is 0 Å². The highest BCUT2D eigenvalue weighted by Crippen LogP contribution is 2.25. The Hall–Kier alpha value is -2.90. The Bertz CT molecular complexity index is 915. The van der Waals surface area contributed by atoms with E-state index in [-0.39, 0.29) is 18.3 Å². The number of hydrazone groups is 1. The fraction of sp³-hybridized carbons (Fsp3) is 0.111. The molecule has 7 nitrogen and oxygen atoms in total. The number of aliphatic imine (C=N–C) groups is 1. The SMILES string of the molecule is O=C(CC1N=C(N/N=C\c2ccccc2)NC1=O)Nc1ccc(Cl)cc1Cl. The normalized spacial score (nSPS) is 16.1. The first-order valence-corrected chi connectivity index (χ1v) is 8.74. The molecule has 1 aliphatic heterocycles. The third kappa shape index (κ3) is 5.29. The highest BCUT2D eigenvalue weighted by atomic mass is 35.5. The van der Waals surface area contributed by atoms with Gasteiger partial charge in [0.15, 0.2) is 0 Å². The fourth-order valence-corrected chi connectivity index (χ4v) is 2.77. The summed E-state index contributed by atoms with van der Waals surface area (Å²) in [5, 5.41) is 9.96. The van der Waals surface area contributed by atoms with Gasteiger partial charge in [-0.2, -0.15) is 5.10 Å². The van der Waals surface area contributed by atoms with E-state index >= 15 is 0 Å². The number of rotatable bonds is 5. The van der Waals surface area contributed by atoms with Crippen LogP contribution in [0.25, 0.3) is 0 Å². The number of amides is 2. The first-order valence-electron chi connectivity index (χ1n) is 7.99. The lowest BCUT2D eigenvalue weighted by Crippen LogP contribution is -2.35. The fourth-order valence-electron chi connectivity index (χ4n) is 2.32. The molecule has 0 aromatic heterocycles. The number of nitrogens with zero attached hydrogens (tertiary/aromatic N) is 2. The Morgan fingerprint density at radius 2 is 2.00 bits per heavy atom. The molecule has 138 valence electrons. The van der Waals surface area contributed by atoms with Crippen molar-refractivity contribution in [3.05, 3.63) is 64.1 Å². The minimum absolute atomic E-state index is 0.127. The van der Waals surface area contributed by atoms with Gasteiger partial charge in [-0.25, -0.2) is 10.4 Å². The van der Waals surface area contributed by atoms with Crippen LogP contribution in [0, 0.1) is 0 Å². The molecule has 2 aromatic rings. The van der Waals surface area contributed by atoms with E-state index in [2.05, 4.69) is 26.2 Å². The highest BCUT2D eigenvalue weighted by molar-refractivity contribution is 6.36. The van der Waals surface area contributed by atoms with Gasteiger partial charge in [0.25, 0.3) is 5.91 Å². The van der Waals surface area contributed by atoms with Crippen molar-refractivity contribution < 1.29 is 9.59 Å². The summed E-state index contributed by atoms with van der Waals surface area (Å²) in [6, 6.07) is 13.3. The molecule has 0 aliphatic carbocycles. The Labute approximate surface area is 165 Å². The molecule has 1 aliphatic rings. The number of hydrogen-bond donors (Lipinski definition) is 3. The van der Waals surface area contributed by atoms with Gasteiger partial charge in [-0.3, -0.25) is 14.9 Å². The van der Waals surface area contributed by atoms with Crippen molar-refractivity contribution in [2.45, 2.75) is 12.5 Å². The van der Waals surface area contributed by atoms with Crippen LogP contribution in [0.4, 0.5) is 5.69 Å². The quantitative estimate of drug-likeness (QED) is 0.528. The maximum Gasteiger partial charge on any atom is 0.252 e. The van der Waals surface area contributed by atoms with Crippen LogP contribution >= 0.6 is 23.2 Å². The standard InChI is InChI=1S/C18H15Cl2N5O2/c19-12-6-7-14(13(20)8-12)22-16(26)9-15-17(27)24-18(23-15)25-21-10-11-4-2-1-3-5-11/h1-8,10,15H,9H2,(H,22,26)(H2,23,24,25,27)/b21-10-. The number of guanidine groups is 1. The second-order valence-electron chi connectivity index (χ2n) is 5.64. The lowest BCUT2D eigenvalue weighted by atomic mass is 10.2. The summed E-state index contributed by atoms with van der Waals surface area (Å²) in [6.07, 6.45) is 1.47. The largest absolute Gasteiger partial charge is 0.325 e. The maximum absolute atomic E-state index is 12.2. The van der Waals surface area contributed by atoms with Crippen LogP contribution in [0.15, 0.2) is 58.6 Å². The van der Waals surface area contributed by atoms with Crippen LogP contribution in [0.1, 0.15) is 12.0 Å². The third-order valence-electron chi connectivity index (χ3n) is 3.60. The second-order valence-corrected chi connectivity index (χ2v) is 6.48. The number of anilines is 1. The van der Waals surface area contributed by atoms with Crippen LogP contribution in [-0.2, 0) is 9.59 Å². The van der Waals surface area contributed by atoms with Gasteiger partial charge in [0.1, 0.15) is 6.04 Å². The Morgan fingerprint density at radius 3 is 2.74 bits per heavy atom. The molecule has 3 N–H and O–H groups in total. The molecular weight excluding hydrogens is 389 g/mol. The van der Waals surface area contributed by atoms with Crippen molar-refractivity contribution >= 4 is 52.9 Å². The molecule has 9 heteroatoms. The number of carbonyl (C=O) groups excluding carboxylic acids is 2. The Kier molecular flexibility index (Phi) is 6.05. The van der Waals surface area contributed by atoms with Crippen LogP contribution in [0.5, 0.6) is 0 Å². The molecule has 0 saturated carbocycles. The number of carbonyl (C=O) groups is 2. The molecule has 0 radical (unpaired) electrons. The summed E-state index contributed by atoms with van der Waals surface area (Å²) in [5.41, 5.74) is 3.96. The zero-order valence-corrected chi connectivity index (χ0v) is 15.5. The van der Waals surface area contributed by atoms with Gasteiger partial charge in [-0.1, -0.05) is 53.5 Å². The Balaban J connectivity index is 1.55. The summed E-state index contributed by atoms with van der Waals surface area (Å²) >= 11 is 11.8. The van der Waals surface area contributed by atoms with E-state index in [0.717, 1.165) is 5.56 Å². The number of hydrogen-bond acceptors (Lipinski definition) is 5. The van der Waals surface area contributed by atoms with Crippen molar-refractivity contribution in [2.75, 3.05) is 5.32 Å². The van der Waals surface area contributed by atoms with E-state index in [9.17, 15) is 9.59 Å². The minimum atomic E-state index is -0.842. The zero-order chi connectivity index (χ0) is 19.2. The molecular formula is C18H15Cl2N5O2. The molecule has 27 heavy (non-hydrogen) atoms. The molecule has 0 bridgehead atoms. The van der Waals surface area contributed by atoms with Gasteiger partial charge < -0.3 is 5.32 Å². The number of benzene rings is 2. The predicted molar refractivity (Wildman–Crippen MR) is 106 cm³/mol. The maximum atomic E-state index is 12.2. The van der Waals surface area contributed by atoms with Crippen molar-refractivity contribution in [2.24, 2.45) is 10.1 Å². The van der Waals surface area contributed by atoms with E-state index in [4.69, 9.17) is 23.2 Å². The lowest BCUT2D eigenvalue weighted by molar-refractivity contribution is -0.123. The zero-order valence-electron chi connectivity index (χ0n) is 13.9. The smallest absolute Gasteiger partial charge is 0.252 e. The van der Waals surface area contributed by atoms with Crippen LogP contribution in [0.2, 0.25) is 10.0 Å². The summed E-state index contributed by atoms with van der Waals surface area (Å²) in [7, 11) is 0. The van der Waals surface area contributed by atoms with Gasteiger partial charge in [0.05, 0.1) is 23.3 Å². The molecule has 1 atom stereocenters. The second kappa shape index (κ2) is 8.66. The molecule has 2 amide bonds. The van der Waals surface area contributed by atoms with E-state index in [1.165, 1.54) is 6.07 Å². The van der Waals surface area contributed by atoms with E-state index < -0.39 is 11.9 Å². The predicted octanol–water partition coefficient (Wildman–Crippen LogP) is 2.80. The summed E-state index contributed by atoms with van der Waals surface area (Å²) in [6.45, 7) is 0. The minimum Gasteiger partial charge on any atom is -0.325 e. The first kappa shape index (κ1) is 18.9. The number of nitrogens with one attached hydrogen (secondary N) is 3. The molecule has 0 saturated heterocycles. The van der Waals surface area contributed by atoms with Gasteiger partial charge >= 0.3 is 0 Å². The summed E-state index contributed by atoms with van der Waals surface area (Å²) in [4.78, 5) is 28.3. The van der Waals surface area contributed by atoms with Crippen LogP contribution in [-0.4, -0.2) is 30.0 Å². The Morgan fingerprint density at radius 1 is 1.22 bits per heavy atom. The molecule has 1 unspecified atom stereocenters. The molecule has 1 heterocycles. The van der Waals surface area contributed by atoms with Crippen LogP contribution in [0.3, 0.4) is 0 Å². The van der Waals surface area contributed by atoms with Gasteiger partial charge in [-0.05, 0) is 23.8 Å². The van der Waals surface area contributed by atoms with Gasteiger partial charge in [0.2, 0.25) is 11.9 Å². The van der Waals surface area contributed by atoms with Crippen molar-refractivity contribution in [1.82, 2.24) is 10.7 Å². The number of halogens is 2. The van der Waals surface area contributed by atoms with Crippen molar-refractivity contribution in [1.29, 1.82) is 0 Å². The topological polar surface area (TPSA) is 94.9 Å². The average molecular weight is 404 g/mol. The van der Waals surface area contributed by atoms with E-state index in [1.54, 1.807) is 18.3 Å². The first-order chi connectivity index (χ1) is 13.0. The van der Waals surface area contributed by atoms with Gasteiger partial charge in [0, 0.05) is 5.02 Å². The summed E-state index contributed by atoms with van der Waals surface area (Å²) in [5.74, 6) is -0.587. The van der Waals surface area contributed by atoms with E-state index in [1.807, 2.05) is 30.3 Å². The monoisotopic (exact) mass is 403 g/mol. The average Bonchev–Trinajstić information content (AvgIpc) is 2.98. The molecule has 0 fully saturated rings.